The highest BCUT2D eigenvalue weighted by Crippen LogP contribution is 2.16. The quantitative estimate of drug-likeness (QED) is 0.820. The van der Waals surface area contributed by atoms with E-state index in [0.717, 1.165) is 13.1 Å². The number of anilines is 1. The van der Waals surface area contributed by atoms with Gasteiger partial charge in [-0.2, -0.15) is 5.26 Å². The Morgan fingerprint density at radius 1 is 1.47 bits per heavy atom. The Morgan fingerprint density at radius 3 is 2.89 bits per heavy atom. The second kappa shape index (κ2) is 6.32. The van der Waals surface area contributed by atoms with Crippen LogP contribution in [0.25, 0.3) is 0 Å². The van der Waals surface area contributed by atoms with E-state index in [1.165, 1.54) is 0 Å². The lowest BCUT2D eigenvalue weighted by atomic mass is 10.0. The first kappa shape index (κ1) is 13.5. The third-order valence-electron chi connectivity index (χ3n) is 3.27. The lowest BCUT2D eigenvalue weighted by Gasteiger charge is -2.38. The predicted molar refractivity (Wildman–Crippen MR) is 71.4 cm³/mol. The highest BCUT2D eigenvalue weighted by atomic mass is 16.3. The van der Waals surface area contributed by atoms with Gasteiger partial charge in [0.15, 0.2) is 0 Å². The molecule has 5 heteroatoms. The third-order valence-corrected chi connectivity index (χ3v) is 3.27. The number of carbonyl (C=O) groups excluding carboxylic acids is 1. The molecule has 2 N–H and O–H groups in total. The van der Waals surface area contributed by atoms with Crippen LogP contribution in [0, 0.1) is 17.2 Å². The summed E-state index contributed by atoms with van der Waals surface area (Å²) in [6, 6.07) is 9.01. The number of rotatable bonds is 5. The number of benzene rings is 1. The summed E-state index contributed by atoms with van der Waals surface area (Å²) in [5, 5.41) is 20.6. The van der Waals surface area contributed by atoms with Gasteiger partial charge >= 0.3 is 0 Å². The highest BCUT2D eigenvalue weighted by molar-refractivity contribution is 5.92. The minimum atomic E-state index is -0.0878. The second-order valence-corrected chi connectivity index (χ2v) is 4.76. The van der Waals surface area contributed by atoms with Crippen molar-refractivity contribution < 1.29 is 9.90 Å². The molecular weight excluding hydrogens is 242 g/mol. The van der Waals surface area contributed by atoms with Crippen molar-refractivity contribution >= 4 is 11.6 Å². The first-order chi connectivity index (χ1) is 9.22. The molecule has 2 rings (SSSR count). The van der Waals surface area contributed by atoms with Crippen molar-refractivity contribution in [1.82, 2.24) is 4.90 Å². The van der Waals surface area contributed by atoms with Crippen LogP contribution < -0.4 is 5.32 Å². The molecule has 100 valence electrons. The van der Waals surface area contributed by atoms with Crippen LogP contribution in [0.5, 0.6) is 0 Å². The topological polar surface area (TPSA) is 76.4 Å². The number of hydrogen-bond donors (Lipinski definition) is 2. The van der Waals surface area contributed by atoms with Gasteiger partial charge in [0, 0.05) is 38.6 Å². The van der Waals surface area contributed by atoms with Gasteiger partial charge in [-0.25, -0.2) is 0 Å². The fraction of sp³-hybridized carbons (Fsp3) is 0.429. The zero-order valence-corrected chi connectivity index (χ0v) is 10.7. The molecule has 0 atom stereocenters. The zero-order chi connectivity index (χ0) is 13.7. The minimum Gasteiger partial charge on any atom is -0.396 e. The molecule has 1 aromatic rings. The van der Waals surface area contributed by atoms with Gasteiger partial charge in [0.1, 0.15) is 6.07 Å². The number of hydrogen-bond acceptors (Lipinski definition) is 4. The lowest BCUT2D eigenvalue weighted by Crippen LogP contribution is -2.49. The van der Waals surface area contributed by atoms with E-state index in [1.807, 2.05) is 6.07 Å². The largest absolute Gasteiger partial charge is 0.396 e. The molecule has 0 radical (unpaired) electrons. The average Bonchev–Trinajstić information content (AvgIpc) is 2.38. The van der Waals surface area contributed by atoms with E-state index in [4.69, 9.17) is 10.4 Å². The van der Waals surface area contributed by atoms with Crippen molar-refractivity contribution in [3.63, 3.8) is 0 Å². The Balaban J connectivity index is 1.77. The molecule has 0 aromatic heterocycles. The molecule has 0 unspecified atom stereocenters. The Hall–Kier alpha value is -1.90. The van der Waals surface area contributed by atoms with E-state index in [1.54, 1.807) is 24.3 Å². The number of aliphatic hydroxyl groups excluding tert-OH is 1. The number of aliphatic hydroxyl groups is 1. The molecule has 5 nitrogen and oxygen atoms in total. The third kappa shape index (κ3) is 3.53. The maximum atomic E-state index is 11.8. The standard InChI is InChI=1S/C14H17N3O2/c15-7-12-3-1-2-4-13(12)16-14(19)5-6-17-8-11(9-17)10-18/h1-4,11,18H,5-6,8-10H2,(H,16,19). The van der Waals surface area contributed by atoms with Crippen molar-refractivity contribution in [3.8, 4) is 6.07 Å². The van der Waals surface area contributed by atoms with Crippen LogP contribution in [-0.4, -0.2) is 42.2 Å². The van der Waals surface area contributed by atoms with E-state index in [0.29, 0.717) is 30.1 Å². The summed E-state index contributed by atoms with van der Waals surface area (Å²) in [6.07, 6.45) is 0.401. The Morgan fingerprint density at radius 2 is 2.21 bits per heavy atom. The molecule has 1 aromatic carbocycles. The number of nitriles is 1. The van der Waals surface area contributed by atoms with E-state index >= 15 is 0 Å². The fourth-order valence-corrected chi connectivity index (χ4v) is 2.14. The SMILES string of the molecule is N#Cc1ccccc1NC(=O)CCN1CC(CO)C1. The molecule has 1 saturated heterocycles. The first-order valence-electron chi connectivity index (χ1n) is 6.35. The van der Waals surface area contributed by atoms with Gasteiger partial charge in [-0.1, -0.05) is 12.1 Å². The van der Waals surface area contributed by atoms with Gasteiger partial charge in [0.25, 0.3) is 0 Å². The van der Waals surface area contributed by atoms with Gasteiger partial charge in [-0.05, 0) is 12.1 Å². The smallest absolute Gasteiger partial charge is 0.225 e. The summed E-state index contributed by atoms with van der Waals surface area (Å²) in [7, 11) is 0. The predicted octanol–water partition coefficient (Wildman–Crippen LogP) is 0.811. The summed E-state index contributed by atoms with van der Waals surface area (Å²) < 4.78 is 0. The molecule has 0 aliphatic carbocycles. The summed E-state index contributed by atoms with van der Waals surface area (Å²) in [5.41, 5.74) is 1.03. The molecule has 19 heavy (non-hydrogen) atoms. The second-order valence-electron chi connectivity index (χ2n) is 4.76. The Labute approximate surface area is 112 Å². The molecule has 1 fully saturated rings. The lowest BCUT2D eigenvalue weighted by molar-refractivity contribution is -0.116. The summed E-state index contributed by atoms with van der Waals surface area (Å²) >= 11 is 0. The van der Waals surface area contributed by atoms with Crippen LogP contribution in [0.4, 0.5) is 5.69 Å². The van der Waals surface area contributed by atoms with Crippen LogP contribution in [0.1, 0.15) is 12.0 Å². The van der Waals surface area contributed by atoms with E-state index in [2.05, 4.69) is 10.2 Å². The van der Waals surface area contributed by atoms with E-state index in [9.17, 15) is 4.79 Å². The van der Waals surface area contributed by atoms with Crippen molar-refractivity contribution in [3.05, 3.63) is 29.8 Å². The molecular formula is C14H17N3O2. The monoisotopic (exact) mass is 259 g/mol. The number of amides is 1. The van der Waals surface area contributed by atoms with Crippen LogP contribution in [-0.2, 0) is 4.79 Å². The van der Waals surface area contributed by atoms with Gasteiger partial charge < -0.3 is 15.3 Å². The van der Waals surface area contributed by atoms with Gasteiger partial charge in [0.2, 0.25) is 5.91 Å². The number of nitrogens with one attached hydrogen (secondary N) is 1. The fourth-order valence-electron chi connectivity index (χ4n) is 2.14. The normalized spacial score (nSPS) is 15.6. The number of carbonyl (C=O) groups is 1. The summed E-state index contributed by atoms with van der Waals surface area (Å²) in [6.45, 7) is 2.63. The van der Waals surface area contributed by atoms with Crippen molar-refractivity contribution in [2.45, 2.75) is 6.42 Å². The van der Waals surface area contributed by atoms with Crippen LogP contribution >= 0.6 is 0 Å². The number of para-hydroxylation sites is 1. The van der Waals surface area contributed by atoms with Gasteiger partial charge in [0.05, 0.1) is 11.3 Å². The van der Waals surface area contributed by atoms with Crippen molar-refractivity contribution in [2.24, 2.45) is 5.92 Å². The van der Waals surface area contributed by atoms with Crippen LogP contribution in [0.2, 0.25) is 0 Å². The van der Waals surface area contributed by atoms with Gasteiger partial charge in [-0.15, -0.1) is 0 Å². The minimum absolute atomic E-state index is 0.0878. The molecule has 1 aliphatic rings. The van der Waals surface area contributed by atoms with Gasteiger partial charge in [-0.3, -0.25) is 4.79 Å². The van der Waals surface area contributed by atoms with Crippen LogP contribution in [0.15, 0.2) is 24.3 Å². The molecule has 0 bridgehead atoms. The Bertz CT molecular complexity index is 490. The molecule has 1 amide bonds. The molecule has 1 aliphatic heterocycles. The van der Waals surface area contributed by atoms with E-state index in [-0.39, 0.29) is 12.5 Å². The molecule has 0 spiro atoms. The van der Waals surface area contributed by atoms with Crippen molar-refractivity contribution in [1.29, 1.82) is 5.26 Å². The summed E-state index contributed by atoms with van der Waals surface area (Å²) in [4.78, 5) is 13.9. The first-order valence-corrected chi connectivity index (χ1v) is 6.35. The summed E-state index contributed by atoms with van der Waals surface area (Å²) in [5.74, 6) is 0.275. The average molecular weight is 259 g/mol. The Kier molecular flexibility index (Phi) is 4.50. The van der Waals surface area contributed by atoms with Crippen LogP contribution in [0.3, 0.4) is 0 Å². The zero-order valence-electron chi connectivity index (χ0n) is 10.7. The molecule has 0 saturated carbocycles. The van der Waals surface area contributed by atoms with Crippen molar-refractivity contribution in [2.75, 3.05) is 31.6 Å². The molecule has 1 heterocycles. The highest BCUT2D eigenvalue weighted by Gasteiger charge is 2.25. The van der Waals surface area contributed by atoms with E-state index < -0.39 is 0 Å². The maximum absolute atomic E-state index is 11.8. The number of likely N-dealkylation sites (tertiary alicyclic amines) is 1. The maximum Gasteiger partial charge on any atom is 0.225 e. The number of nitrogens with zero attached hydrogens (tertiary/aromatic N) is 2.